The van der Waals surface area contributed by atoms with Crippen LogP contribution in [0.4, 0.5) is 0 Å². The molecule has 0 radical (unpaired) electrons. The monoisotopic (exact) mass is 238 g/mol. The van der Waals surface area contributed by atoms with Crippen molar-refractivity contribution < 1.29 is 0 Å². The first kappa shape index (κ1) is 13.4. The van der Waals surface area contributed by atoms with Gasteiger partial charge in [0, 0.05) is 32.2 Å². The molecule has 2 aliphatic rings. The minimum Gasteiger partial charge on any atom is -0.311 e. The average Bonchev–Trinajstić information content (AvgIpc) is 2.63. The Balaban J connectivity index is 1.73. The molecule has 0 aromatic carbocycles. The highest BCUT2D eigenvalue weighted by atomic mass is 15.2. The van der Waals surface area contributed by atoms with Gasteiger partial charge in [-0.25, -0.2) is 0 Å². The van der Waals surface area contributed by atoms with Crippen molar-refractivity contribution in [2.45, 2.75) is 52.5 Å². The Bertz CT molecular complexity index is 227. The number of hydrogen-bond donors (Lipinski definition) is 1. The molecule has 2 rings (SSSR count). The summed E-state index contributed by atoms with van der Waals surface area (Å²) in [4.78, 5) is 2.71. The van der Waals surface area contributed by atoms with E-state index >= 15 is 0 Å². The lowest BCUT2D eigenvalue weighted by atomic mass is 10.0. The number of hydrogen-bond acceptors (Lipinski definition) is 2. The van der Waals surface area contributed by atoms with Gasteiger partial charge in [0.2, 0.25) is 0 Å². The average molecular weight is 238 g/mol. The van der Waals surface area contributed by atoms with Crippen molar-refractivity contribution >= 4 is 0 Å². The minimum absolute atomic E-state index is 0.738. The lowest BCUT2D eigenvalue weighted by molar-refractivity contribution is 0.162. The molecule has 3 atom stereocenters. The van der Waals surface area contributed by atoms with Crippen LogP contribution in [0.5, 0.6) is 0 Å². The molecule has 2 fully saturated rings. The summed E-state index contributed by atoms with van der Waals surface area (Å²) < 4.78 is 0. The van der Waals surface area contributed by atoms with Gasteiger partial charge in [-0.15, -0.1) is 0 Å². The Morgan fingerprint density at radius 2 is 2.12 bits per heavy atom. The van der Waals surface area contributed by atoms with Crippen LogP contribution in [0.15, 0.2) is 0 Å². The molecule has 0 aromatic rings. The van der Waals surface area contributed by atoms with Crippen LogP contribution in [-0.2, 0) is 0 Å². The lowest BCUT2D eigenvalue weighted by Crippen LogP contribution is -2.52. The fourth-order valence-corrected chi connectivity index (χ4v) is 3.64. The Hall–Kier alpha value is -0.0800. The summed E-state index contributed by atoms with van der Waals surface area (Å²) >= 11 is 0. The van der Waals surface area contributed by atoms with Crippen molar-refractivity contribution in [2.24, 2.45) is 17.8 Å². The van der Waals surface area contributed by atoms with Gasteiger partial charge in [0.25, 0.3) is 0 Å². The van der Waals surface area contributed by atoms with Crippen LogP contribution in [0, 0.1) is 17.8 Å². The van der Waals surface area contributed by atoms with Crippen LogP contribution in [0.25, 0.3) is 0 Å². The summed E-state index contributed by atoms with van der Waals surface area (Å²) in [6.45, 7) is 12.2. The third-order valence-corrected chi connectivity index (χ3v) is 4.42. The van der Waals surface area contributed by atoms with Gasteiger partial charge in [0.1, 0.15) is 0 Å². The molecule has 0 amide bonds. The second-order valence-corrected chi connectivity index (χ2v) is 6.82. The van der Waals surface area contributed by atoms with Crippen LogP contribution in [0.3, 0.4) is 0 Å². The van der Waals surface area contributed by atoms with Gasteiger partial charge in [-0.3, -0.25) is 0 Å². The molecule has 100 valence electrons. The predicted molar refractivity (Wildman–Crippen MR) is 74.2 cm³/mol. The topological polar surface area (TPSA) is 15.3 Å². The SMILES string of the molecule is CC(C)CC1CN(CC2CCC(C)C2)CCN1. The van der Waals surface area contributed by atoms with Gasteiger partial charge in [0.05, 0.1) is 0 Å². The molecule has 1 saturated carbocycles. The molecule has 1 saturated heterocycles. The Labute approximate surface area is 107 Å². The summed E-state index contributed by atoms with van der Waals surface area (Å²) in [5.41, 5.74) is 0. The fraction of sp³-hybridized carbons (Fsp3) is 1.00. The summed E-state index contributed by atoms with van der Waals surface area (Å²) in [5, 5.41) is 3.67. The van der Waals surface area contributed by atoms with Gasteiger partial charge in [-0.2, -0.15) is 0 Å². The first-order valence-corrected chi connectivity index (χ1v) is 7.59. The Morgan fingerprint density at radius 3 is 2.76 bits per heavy atom. The molecule has 1 aliphatic heterocycles. The first-order valence-electron chi connectivity index (χ1n) is 7.59. The third kappa shape index (κ3) is 4.26. The first-order chi connectivity index (χ1) is 8.13. The molecule has 17 heavy (non-hydrogen) atoms. The molecule has 2 nitrogen and oxygen atoms in total. The van der Waals surface area contributed by atoms with Crippen LogP contribution in [0.1, 0.15) is 46.5 Å². The van der Waals surface area contributed by atoms with E-state index in [0.29, 0.717) is 0 Å². The van der Waals surface area contributed by atoms with E-state index in [-0.39, 0.29) is 0 Å². The smallest absolute Gasteiger partial charge is 0.0198 e. The maximum Gasteiger partial charge on any atom is 0.0198 e. The normalized spacial score (nSPS) is 35.6. The summed E-state index contributed by atoms with van der Waals surface area (Å²) in [6.07, 6.45) is 5.74. The molecular weight excluding hydrogens is 208 g/mol. The lowest BCUT2D eigenvalue weighted by Gasteiger charge is -2.36. The number of piperazine rings is 1. The van der Waals surface area contributed by atoms with Crippen molar-refractivity contribution in [1.29, 1.82) is 0 Å². The van der Waals surface area contributed by atoms with E-state index in [2.05, 4.69) is 31.0 Å². The zero-order valence-corrected chi connectivity index (χ0v) is 11.9. The quantitative estimate of drug-likeness (QED) is 0.810. The summed E-state index contributed by atoms with van der Waals surface area (Å²) in [6, 6.07) is 0.738. The fourth-order valence-electron chi connectivity index (χ4n) is 3.64. The Morgan fingerprint density at radius 1 is 1.29 bits per heavy atom. The number of rotatable bonds is 4. The molecule has 0 spiro atoms. The van der Waals surface area contributed by atoms with Gasteiger partial charge in [-0.1, -0.05) is 27.2 Å². The zero-order valence-electron chi connectivity index (χ0n) is 11.9. The van der Waals surface area contributed by atoms with Crippen molar-refractivity contribution in [3.05, 3.63) is 0 Å². The van der Waals surface area contributed by atoms with Crippen LogP contribution < -0.4 is 5.32 Å². The van der Waals surface area contributed by atoms with Crippen LogP contribution in [0.2, 0.25) is 0 Å². The van der Waals surface area contributed by atoms with Crippen LogP contribution >= 0.6 is 0 Å². The number of nitrogens with zero attached hydrogens (tertiary/aromatic N) is 1. The van der Waals surface area contributed by atoms with Crippen molar-refractivity contribution in [2.75, 3.05) is 26.2 Å². The molecule has 3 unspecified atom stereocenters. The largest absolute Gasteiger partial charge is 0.311 e. The molecule has 0 bridgehead atoms. The van der Waals surface area contributed by atoms with E-state index in [1.807, 2.05) is 0 Å². The van der Waals surface area contributed by atoms with E-state index < -0.39 is 0 Å². The third-order valence-electron chi connectivity index (χ3n) is 4.42. The second kappa shape index (κ2) is 6.19. The predicted octanol–water partition coefficient (Wildman–Crippen LogP) is 2.74. The zero-order chi connectivity index (χ0) is 12.3. The minimum atomic E-state index is 0.738. The van der Waals surface area contributed by atoms with Crippen molar-refractivity contribution in [3.63, 3.8) is 0 Å². The highest BCUT2D eigenvalue weighted by Crippen LogP contribution is 2.31. The van der Waals surface area contributed by atoms with E-state index in [0.717, 1.165) is 23.8 Å². The molecule has 1 aliphatic carbocycles. The molecular formula is C15H30N2. The van der Waals surface area contributed by atoms with E-state index in [9.17, 15) is 0 Å². The molecule has 1 heterocycles. The van der Waals surface area contributed by atoms with Crippen molar-refractivity contribution in [1.82, 2.24) is 10.2 Å². The van der Waals surface area contributed by atoms with Gasteiger partial charge in [0.15, 0.2) is 0 Å². The molecule has 0 aromatic heterocycles. The molecule has 2 heteroatoms. The summed E-state index contributed by atoms with van der Waals surface area (Å²) in [5.74, 6) is 2.79. The van der Waals surface area contributed by atoms with E-state index in [1.165, 1.54) is 51.9 Å². The van der Waals surface area contributed by atoms with Gasteiger partial charge < -0.3 is 10.2 Å². The Kier molecular flexibility index (Phi) is 4.87. The standard InChI is InChI=1S/C15H30N2/c1-12(2)8-15-11-17(7-6-16-15)10-14-5-4-13(3)9-14/h12-16H,4-11H2,1-3H3. The van der Waals surface area contributed by atoms with E-state index in [1.54, 1.807) is 0 Å². The van der Waals surface area contributed by atoms with Crippen LogP contribution in [-0.4, -0.2) is 37.1 Å². The van der Waals surface area contributed by atoms with Gasteiger partial charge in [-0.05, 0) is 37.0 Å². The summed E-state index contributed by atoms with van der Waals surface area (Å²) in [7, 11) is 0. The molecule has 1 N–H and O–H groups in total. The van der Waals surface area contributed by atoms with Crippen molar-refractivity contribution in [3.8, 4) is 0 Å². The van der Waals surface area contributed by atoms with E-state index in [4.69, 9.17) is 0 Å². The highest BCUT2D eigenvalue weighted by Gasteiger charge is 2.26. The maximum absolute atomic E-state index is 3.67. The highest BCUT2D eigenvalue weighted by molar-refractivity contribution is 4.82. The second-order valence-electron chi connectivity index (χ2n) is 6.82. The van der Waals surface area contributed by atoms with Gasteiger partial charge >= 0.3 is 0 Å². The number of nitrogens with one attached hydrogen (secondary N) is 1. The maximum atomic E-state index is 3.67.